The standard InChI is InChI=1S/C21H22N4O3S/c1-11-10-13(7-8-14(11)18(22)26)23-19(27)17-12(2)16-20(29-17)24-15-6-4-3-5-9-25(15)21(16)28/h7-8,10H,3-6,9H2,1-2H3,(H2,22,26)(H,23,27). The maximum absolute atomic E-state index is 13.0. The quantitative estimate of drug-likeness (QED) is 0.691. The molecule has 1 aliphatic rings. The highest BCUT2D eigenvalue weighted by Crippen LogP contribution is 2.29. The first-order valence-electron chi connectivity index (χ1n) is 9.61. The maximum Gasteiger partial charge on any atom is 0.266 e. The van der Waals surface area contributed by atoms with Crippen molar-refractivity contribution in [2.75, 3.05) is 5.32 Å². The normalized spacial score (nSPS) is 13.7. The monoisotopic (exact) mass is 410 g/mol. The lowest BCUT2D eigenvalue weighted by molar-refractivity contribution is 0.0998. The minimum absolute atomic E-state index is 0.0543. The third kappa shape index (κ3) is 3.44. The molecule has 3 aromatic rings. The zero-order valence-corrected chi connectivity index (χ0v) is 17.2. The molecule has 7 nitrogen and oxygen atoms in total. The Bertz CT molecular complexity index is 1210. The minimum atomic E-state index is -0.507. The van der Waals surface area contributed by atoms with Crippen molar-refractivity contribution in [3.8, 4) is 0 Å². The first-order chi connectivity index (χ1) is 13.9. The summed E-state index contributed by atoms with van der Waals surface area (Å²) < 4.78 is 1.77. The highest BCUT2D eigenvalue weighted by molar-refractivity contribution is 7.20. The van der Waals surface area contributed by atoms with Gasteiger partial charge < -0.3 is 11.1 Å². The summed E-state index contributed by atoms with van der Waals surface area (Å²) in [5, 5.41) is 3.38. The molecule has 0 fully saturated rings. The van der Waals surface area contributed by atoms with E-state index in [1.807, 2.05) is 0 Å². The Morgan fingerprint density at radius 2 is 2.00 bits per heavy atom. The fourth-order valence-corrected chi connectivity index (χ4v) is 4.92. The number of fused-ring (bicyclic) bond motifs is 2. The van der Waals surface area contributed by atoms with Crippen LogP contribution in [0, 0.1) is 13.8 Å². The predicted molar refractivity (Wildman–Crippen MR) is 114 cm³/mol. The number of nitrogens with zero attached hydrogens (tertiary/aromatic N) is 2. The number of carbonyl (C=O) groups excluding carboxylic acids is 2. The first-order valence-corrected chi connectivity index (χ1v) is 10.4. The second-order valence-corrected chi connectivity index (χ2v) is 8.38. The lowest BCUT2D eigenvalue weighted by atomic mass is 10.1. The van der Waals surface area contributed by atoms with Crippen LogP contribution in [0.5, 0.6) is 0 Å². The lowest BCUT2D eigenvalue weighted by Gasteiger charge is -2.08. The number of rotatable bonds is 3. The molecule has 0 bridgehead atoms. The SMILES string of the molecule is Cc1cc(NC(=O)c2sc3nc4n(c(=O)c3c2C)CCCCC4)ccc1C(N)=O. The van der Waals surface area contributed by atoms with Gasteiger partial charge in [0.05, 0.1) is 10.3 Å². The summed E-state index contributed by atoms with van der Waals surface area (Å²) in [5.74, 6) is 0.00855. The van der Waals surface area contributed by atoms with Gasteiger partial charge in [0.2, 0.25) is 5.91 Å². The van der Waals surface area contributed by atoms with E-state index in [1.165, 1.54) is 11.3 Å². The van der Waals surface area contributed by atoms with E-state index in [2.05, 4.69) is 5.32 Å². The Kier molecular flexibility index (Phi) is 4.96. The molecule has 0 spiro atoms. The molecule has 1 aliphatic heterocycles. The average Bonchev–Trinajstić information content (AvgIpc) is 2.84. The van der Waals surface area contributed by atoms with Crippen molar-refractivity contribution in [1.82, 2.24) is 9.55 Å². The molecule has 3 heterocycles. The molecule has 0 atom stereocenters. The number of thiophene rings is 1. The van der Waals surface area contributed by atoms with Crippen molar-refractivity contribution < 1.29 is 9.59 Å². The number of anilines is 1. The topological polar surface area (TPSA) is 107 Å². The molecule has 0 aliphatic carbocycles. The molecule has 0 radical (unpaired) electrons. The molecule has 3 N–H and O–H groups in total. The number of benzene rings is 1. The molecule has 2 aromatic heterocycles. The van der Waals surface area contributed by atoms with Crippen molar-refractivity contribution in [3.05, 3.63) is 55.9 Å². The molecule has 8 heteroatoms. The second kappa shape index (κ2) is 7.44. The van der Waals surface area contributed by atoms with Gasteiger partial charge in [0, 0.05) is 24.2 Å². The smallest absolute Gasteiger partial charge is 0.266 e. The van der Waals surface area contributed by atoms with Crippen LogP contribution >= 0.6 is 11.3 Å². The van der Waals surface area contributed by atoms with Crippen molar-refractivity contribution in [1.29, 1.82) is 0 Å². The van der Waals surface area contributed by atoms with E-state index in [4.69, 9.17) is 10.7 Å². The fourth-order valence-electron chi connectivity index (χ4n) is 3.83. The summed E-state index contributed by atoms with van der Waals surface area (Å²) in [6, 6.07) is 4.94. The van der Waals surface area contributed by atoms with E-state index >= 15 is 0 Å². The van der Waals surface area contributed by atoms with Crippen LogP contribution in [0.2, 0.25) is 0 Å². The number of primary amides is 1. The Morgan fingerprint density at radius 1 is 1.21 bits per heavy atom. The molecular formula is C21H22N4O3S. The third-order valence-corrected chi connectivity index (χ3v) is 6.55. The molecule has 4 rings (SSSR count). The van der Waals surface area contributed by atoms with E-state index in [-0.39, 0.29) is 11.5 Å². The molecule has 0 unspecified atom stereocenters. The van der Waals surface area contributed by atoms with Gasteiger partial charge in [0.1, 0.15) is 10.7 Å². The molecule has 2 amide bonds. The zero-order chi connectivity index (χ0) is 20.7. The van der Waals surface area contributed by atoms with Crippen LogP contribution < -0.4 is 16.6 Å². The van der Waals surface area contributed by atoms with Crippen molar-refractivity contribution in [2.24, 2.45) is 5.73 Å². The summed E-state index contributed by atoms with van der Waals surface area (Å²) in [6.45, 7) is 4.24. The van der Waals surface area contributed by atoms with E-state index in [1.54, 1.807) is 36.6 Å². The fraction of sp³-hybridized carbons (Fsp3) is 0.333. The Labute approximate surface area is 171 Å². The minimum Gasteiger partial charge on any atom is -0.366 e. The van der Waals surface area contributed by atoms with Gasteiger partial charge in [-0.25, -0.2) is 4.98 Å². The highest BCUT2D eigenvalue weighted by Gasteiger charge is 2.22. The Morgan fingerprint density at radius 3 is 2.72 bits per heavy atom. The van der Waals surface area contributed by atoms with Crippen molar-refractivity contribution in [2.45, 2.75) is 46.1 Å². The van der Waals surface area contributed by atoms with E-state index < -0.39 is 5.91 Å². The summed E-state index contributed by atoms with van der Waals surface area (Å²) in [7, 11) is 0. The number of carbonyl (C=O) groups is 2. The number of aromatic nitrogens is 2. The van der Waals surface area contributed by atoms with Crippen molar-refractivity contribution >= 4 is 39.1 Å². The van der Waals surface area contributed by atoms with Gasteiger partial charge in [-0.1, -0.05) is 6.42 Å². The number of hydrogen-bond acceptors (Lipinski definition) is 5. The largest absolute Gasteiger partial charge is 0.366 e. The summed E-state index contributed by atoms with van der Waals surface area (Å²) >= 11 is 1.25. The third-order valence-electron chi connectivity index (χ3n) is 5.37. The van der Waals surface area contributed by atoms with Gasteiger partial charge in [0.15, 0.2) is 0 Å². The van der Waals surface area contributed by atoms with E-state index in [0.717, 1.165) is 31.5 Å². The van der Waals surface area contributed by atoms with Gasteiger partial charge in [-0.05, 0) is 56.0 Å². The number of aryl methyl sites for hydroxylation is 3. The molecular weight excluding hydrogens is 388 g/mol. The van der Waals surface area contributed by atoms with Gasteiger partial charge in [-0.15, -0.1) is 11.3 Å². The zero-order valence-electron chi connectivity index (χ0n) is 16.4. The van der Waals surface area contributed by atoms with Gasteiger partial charge in [-0.2, -0.15) is 0 Å². The first kappa shape index (κ1) is 19.3. The molecule has 0 saturated carbocycles. The van der Waals surface area contributed by atoms with Gasteiger partial charge >= 0.3 is 0 Å². The average molecular weight is 410 g/mol. The maximum atomic E-state index is 13.0. The van der Waals surface area contributed by atoms with E-state index in [9.17, 15) is 14.4 Å². The molecule has 1 aromatic carbocycles. The highest BCUT2D eigenvalue weighted by atomic mass is 32.1. The Balaban J connectivity index is 1.71. The second-order valence-electron chi connectivity index (χ2n) is 7.38. The van der Waals surface area contributed by atoms with Gasteiger partial charge in [0.25, 0.3) is 11.5 Å². The Hall–Kier alpha value is -3.00. The molecule has 29 heavy (non-hydrogen) atoms. The number of nitrogens with one attached hydrogen (secondary N) is 1. The van der Waals surface area contributed by atoms with Crippen LogP contribution in [0.1, 0.15) is 56.2 Å². The molecule has 0 saturated heterocycles. The lowest BCUT2D eigenvalue weighted by Crippen LogP contribution is -2.24. The summed E-state index contributed by atoms with van der Waals surface area (Å²) in [6.07, 6.45) is 3.87. The predicted octanol–water partition coefficient (Wildman–Crippen LogP) is 3.15. The molecule has 150 valence electrons. The van der Waals surface area contributed by atoms with Crippen LogP contribution in [0.3, 0.4) is 0 Å². The van der Waals surface area contributed by atoms with Crippen LogP contribution in [-0.2, 0) is 13.0 Å². The van der Waals surface area contributed by atoms with Crippen molar-refractivity contribution in [3.63, 3.8) is 0 Å². The van der Waals surface area contributed by atoms with E-state index in [0.29, 0.717) is 44.0 Å². The van der Waals surface area contributed by atoms with Crippen LogP contribution in [-0.4, -0.2) is 21.4 Å². The summed E-state index contributed by atoms with van der Waals surface area (Å²) in [4.78, 5) is 43.1. The number of hydrogen-bond donors (Lipinski definition) is 2. The van der Waals surface area contributed by atoms with Gasteiger partial charge in [-0.3, -0.25) is 19.0 Å². The van der Waals surface area contributed by atoms with Crippen LogP contribution in [0.4, 0.5) is 5.69 Å². The van der Waals surface area contributed by atoms with Crippen LogP contribution in [0.25, 0.3) is 10.2 Å². The summed E-state index contributed by atoms with van der Waals surface area (Å²) in [5.41, 5.74) is 7.60. The van der Waals surface area contributed by atoms with Crippen LogP contribution in [0.15, 0.2) is 23.0 Å². The number of nitrogens with two attached hydrogens (primary N) is 1. The number of amides is 2.